The highest BCUT2D eigenvalue weighted by atomic mass is 127. The lowest BCUT2D eigenvalue weighted by Crippen LogP contribution is -3.00. The highest BCUT2D eigenvalue weighted by Crippen LogP contribution is 2.25. The van der Waals surface area contributed by atoms with Gasteiger partial charge in [0, 0.05) is 29.8 Å². The Morgan fingerprint density at radius 2 is 1.16 bits per heavy atom. The van der Waals surface area contributed by atoms with E-state index in [9.17, 15) is 4.79 Å². The van der Waals surface area contributed by atoms with E-state index in [0.29, 0.717) is 22.9 Å². The number of H-pyrrole nitrogens is 1. The van der Waals surface area contributed by atoms with Gasteiger partial charge in [0.05, 0.1) is 91.9 Å². The monoisotopic (exact) mass is 730 g/mol. The molecule has 0 aromatic carbocycles. The van der Waals surface area contributed by atoms with Crippen molar-refractivity contribution in [3.05, 3.63) is 53.1 Å². The van der Waals surface area contributed by atoms with Gasteiger partial charge in [-0.15, -0.1) is 0 Å². The molecule has 2 aliphatic heterocycles. The summed E-state index contributed by atoms with van der Waals surface area (Å²) in [6.45, 7) is 8.35. The first-order valence-electron chi connectivity index (χ1n) is 12.4. The predicted molar refractivity (Wildman–Crippen MR) is 139 cm³/mol. The quantitative estimate of drug-likeness (QED) is 0.217. The van der Waals surface area contributed by atoms with Crippen molar-refractivity contribution in [2.75, 3.05) is 90.3 Å². The minimum absolute atomic E-state index is 0. The summed E-state index contributed by atoms with van der Waals surface area (Å²) in [5.74, 6) is 0.465. The molecule has 37 heavy (non-hydrogen) atoms. The predicted octanol–water partition coefficient (Wildman–Crippen LogP) is -4.31. The zero-order valence-corrected chi connectivity index (χ0v) is 26.3. The number of piperazine rings is 2. The van der Waals surface area contributed by atoms with Gasteiger partial charge in [0.1, 0.15) is 5.69 Å². The first-order chi connectivity index (χ1) is 16.7. The van der Waals surface area contributed by atoms with Gasteiger partial charge >= 0.3 is 0 Å². The number of pyridine rings is 2. The first kappa shape index (κ1) is 29.7. The van der Waals surface area contributed by atoms with Crippen LogP contribution in [0.3, 0.4) is 0 Å². The summed E-state index contributed by atoms with van der Waals surface area (Å²) in [7, 11) is 9.07. The number of anilines is 2. The fourth-order valence-electron chi connectivity index (χ4n) is 4.74. The first-order valence-corrected chi connectivity index (χ1v) is 12.4. The molecular formula is C26H36I2N8O. The minimum atomic E-state index is -0.210. The van der Waals surface area contributed by atoms with Crippen molar-refractivity contribution >= 4 is 11.4 Å². The topological polar surface area (TPSA) is 78.0 Å². The molecule has 11 heteroatoms. The SMILES string of the molecule is C[N+]1(C)CCN(c2ccnc(-c3cc(=O)[nH]c(-c4cc(N5CC[N+](C)(C)CC5)ccn4)n3)c2)CC1.[I-].[I-]. The van der Waals surface area contributed by atoms with Gasteiger partial charge in [0.25, 0.3) is 5.56 Å². The van der Waals surface area contributed by atoms with Gasteiger partial charge in [-0.1, -0.05) is 0 Å². The molecule has 5 heterocycles. The Balaban J connectivity index is 0.00000190. The smallest absolute Gasteiger partial charge is 0.251 e. The zero-order chi connectivity index (χ0) is 24.6. The summed E-state index contributed by atoms with van der Waals surface area (Å²) in [6, 6.07) is 9.63. The molecule has 200 valence electrons. The molecule has 0 saturated carbocycles. The number of quaternary nitrogens is 2. The largest absolute Gasteiger partial charge is 1.00 e. The average molecular weight is 730 g/mol. The summed E-state index contributed by atoms with van der Waals surface area (Å²) in [6.07, 6.45) is 3.60. The molecule has 0 radical (unpaired) electrons. The normalized spacial score (nSPS) is 18.5. The van der Waals surface area contributed by atoms with Crippen LogP contribution < -0.4 is 63.3 Å². The van der Waals surface area contributed by atoms with E-state index in [1.54, 1.807) is 12.4 Å². The standard InChI is InChI=1S/C26H35N8O.2HI/c1-33(2)13-9-31(10-14-33)20-5-7-27-22(17-20)23-19-25(35)30-26(29-23)24-18-21(6-8-28-24)32-11-15-34(3,4)16-12-32;;/h5-8,17-19H,9-16H2,1-4H3;2*1H/q+1;;/p-1. The number of hydrogen-bond acceptors (Lipinski definition) is 6. The maximum Gasteiger partial charge on any atom is 0.251 e. The third-order valence-corrected chi connectivity index (χ3v) is 7.37. The van der Waals surface area contributed by atoms with Crippen LogP contribution in [-0.4, -0.2) is 109 Å². The number of aromatic nitrogens is 4. The lowest BCUT2D eigenvalue weighted by molar-refractivity contribution is -0.890. The summed E-state index contributed by atoms with van der Waals surface area (Å²) >= 11 is 0. The van der Waals surface area contributed by atoms with Crippen LogP contribution in [0.2, 0.25) is 0 Å². The minimum Gasteiger partial charge on any atom is -1.00 e. The lowest BCUT2D eigenvalue weighted by Gasteiger charge is -2.40. The van der Waals surface area contributed by atoms with E-state index in [1.807, 2.05) is 24.3 Å². The van der Waals surface area contributed by atoms with E-state index < -0.39 is 0 Å². The average Bonchev–Trinajstić information content (AvgIpc) is 2.84. The third-order valence-electron chi connectivity index (χ3n) is 7.37. The number of hydrogen-bond donors (Lipinski definition) is 1. The molecule has 1 N–H and O–H groups in total. The van der Waals surface area contributed by atoms with Crippen LogP contribution in [0.1, 0.15) is 0 Å². The molecule has 3 aromatic rings. The number of rotatable bonds is 4. The summed E-state index contributed by atoms with van der Waals surface area (Å²) in [5, 5.41) is 0. The van der Waals surface area contributed by atoms with Gasteiger partial charge in [-0.2, -0.15) is 0 Å². The fourth-order valence-corrected chi connectivity index (χ4v) is 4.74. The molecular weight excluding hydrogens is 694 g/mol. The Morgan fingerprint density at radius 1 is 0.703 bits per heavy atom. The maximum absolute atomic E-state index is 12.6. The molecule has 9 nitrogen and oxygen atoms in total. The van der Waals surface area contributed by atoms with Crippen molar-refractivity contribution in [1.29, 1.82) is 0 Å². The van der Waals surface area contributed by atoms with Crippen molar-refractivity contribution in [1.82, 2.24) is 19.9 Å². The molecule has 5 rings (SSSR count). The number of likely N-dealkylation sites (N-methyl/N-ethyl adjacent to an activating group) is 2. The lowest BCUT2D eigenvalue weighted by atomic mass is 10.2. The van der Waals surface area contributed by atoms with E-state index in [0.717, 1.165) is 72.7 Å². The molecule has 2 saturated heterocycles. The second kappa shape index (κ2) is 11.9. The van der Waals surface area contributed by atoms with Crippen molar-refractivity contribution in [3.63, 3.8) is 0 Å². The number of aromatic amines is 1. The van der Waals surface area contributed by atoms with E-state index >= 15 is 0 Å². The Bertz CT molecular complexity index is 1170. The van der Waals surface area contributed by atoms with Crippen LogP contribution in [0.25, 0.3) is 22.9 Å². The second-order valence-corrected chi connectivity index (χ2v) is 11.0. The molecule has 0 atom stereocenters. The second-order valence-electron chi connectivity index (χ2n) is 11.0. The highest BCUT2D eigenvalue weighted by molar-refractivity contribution is 5.65. The molecule has 2 fully saturated rings. The Kier molecular flexibility index (Phi) is 9.56. The summed E-state index contributed by atoms with van der Waals surface area (Å²) in [4.78, 5) is 34.1. The van der Waals surface area contributed by atoms with Crippen molar-refractivity contribution in [2.45, 2.75) is 0 Å². The highest BCUT2D eigenvalue weighted by Gasteiger charge is 2.26. The Hall–Kier alpha value is -1.84. The molecule has 0 unspecified atom stereocenters. The number of halogens is 2. The van der Waals surface area contributed by atoms with Gasteiger partial charge in [0.2, 0.25) is 0 Å². The van der Waals surface area contributed by atoms with Gasteiger partial charge in [0.15, 0.2) is 5.82 Å². The number of nitrogens with one attached hydrogen (secondary N) is 1. The van der Waals surface area contributed by atoms with E-state index in [4.69, 9.17) is 4.98 Å². The van der Waals surface area contributed by atoms with Crippen LogP contribution >= 0.6 is 0 Å². The molecule has 0 bridgehead atoms. The Morgan fingerprint density at radius 3 is 1.68 bits per heavy atom. The molecule has 2 aliphatic rings. The van der Waals surface area contributed by atoms with Crippen molar-refractivity contribution in [2.24, 2.45) is 0 Å². The van der Waals surface area contributed by atoms with Crippen molar-refractivity contribution in [3.8, 4) is 22.9 Å². The van der Waals surface area contributed by atoms with E-state index in [2.05, 4.69) is 52.9 Å². The van der Waals surface area contributed by atoms with E-state index in [1.165, 1.54) is 6.07 Å². The zero-order valence-electron chi connectivity index (χ0n) is 22.0. The Labute approximate surface area is 253 Å². The van der Waals surface area contributed by atoms with Crippen LogP contribution in [0.5, 0.6) is 0 Å². The van der Waals surface area contributed by atoms with Crippen LogP contribution in [0, 0.1) is 0 Å². The maximum atomic E-state index is 12.6. The fraction of sp³-hybridized carbons (Fsp3) is 0.462. The summed E-state index contributed by atoms with van der Waals surface area (Å²) < 4.78 is 2.07. The van der Waals surface area contributed by atoms with Crippen LogP contribution in [0.4, 0.5) is 11.4 Å². The third kappa shape index (κ3) is 7.18. The van der Waals surface area contributed by atoms with Crippen molar-refractivity contribution < 1.29 is 56.9 Å². The van der Waals surface area contributed by atoms with Gasteiger partial charge in [-0.25, -0.2) is 4.98 Å². The molecule has 0 spiro atoms. The van der Waals surface area contributed by atoms with Gasteiger partial charge in [-0.05, 0) is 24.3 Å². The van der Waals surface area contributed by atoms with E-state index in [-0.39, 0.29) is 53.5 Å². The summed E-state index contributed by atoms with van der Waals surface area (Å²) in [5.41, 5.74) is 3.93. The molecule has 0 amide bonds. The number of nitrogens with zero attached hydrogens (tertiary/aromatic N) is 7. The van der Waals surface area contributed by atoms with Crippen LogP contribution in [0.15, 0.2) is 47.5 Å². The van der Waals surface area contributed by atoms with Gasteiger partial charge < -0.3 is 71.7 Å². The molecule has 0 aliphatic carbocycles. The molecule has 3 aromatic heterocycles. The van der Waals surface area contributed by atoms with Gasteiger partial charge in [-0.3, -0.25) is 14.8 Å². The van der Waals surface area contributed by atoms with Crippen LogP contribution in [-0.2, 0) is 0 Å².